The minimum Gasteiger partial charge on any atom is -0.207 e. The smallest absolute Gasteiger partial charge is 0.123 e. The van der Waals surface area contributed by atoms with Crippen LogP contribution in [0.15, 0.2) is 24.2 Å². The molecule has 0 nitrogen and oxygen atoms in total. The lowest BCUT2D eigenvalue weighted by Gasteiger charge is -1.91. The fourth-order valence-electron chi connectivity index (χ4n) is 0.390. The van der Waals surface area contributed by atoms with Gasteiger partial charge in [-0.05, 0) is 17.6 Å². The van der Waals surface area contributed by atoms with Crippen LogP contribution in [0.3, 0.4) is 0 Å². The number of alkyl halides is 1. The van der Waals surface area contributed by atoms with Crippen molar-refractivity contribution in [3.63, 3.8) is 0 Å². The first-order valence-corrected chi connectivity index (χ1v) is 2.84. The van der Waals surface area contributed by atoms with Gasteiger partial charge in [0.1, 0.15) is 5.82 Å². The number of hydrogen-bond acceptors (Lipinski definition) is 0. The van der Waals surface area contributed by atoms with Gasteiger partial charge in [0.15, 0.2) is 0 Å². The predicted molar refractivity (Wildman–Crippen MR) is 36.0 cm³/mol. The molecule has 48 valence electrons. The maximum atomic E-state index is 12.9. The molecule has 0 aliphatic carbocycles. The molecule has 0 spiro atoms. The molecule has 0 aliphatic heterocycles. The van der Waals surface area contributed by atoms with Crippen LogP contribution >= 0.6 is 11.6 Å². The molecule has 1 rings (SSSR count). The summed E-state index contributed by atoms with van der Waals surface area (Å²) in [5.74, 6) is -1.29. The van der Waals surface area contributed by atoms with E-state index >= 15 is 0 Å². The van der Waals surface area contributed by atoms with Crippen LogP contribution in [0.5, 0.6) is 0 Å². The average Bonchev–Trinajstić information content (AvgIpc) is 2.13. The Morgan fingerprint density at radius 2 is 2.00 bits per heavy atom. The largest absolute Gasteiger partial charge is 0.207 e. The van der Waals surface area contributed by atoms with Crippen molar-refractivity contribution in [2.75, 3.05) is 0 Å². The molecule has 0 fully saturated rings. The average molecular weight is 149 g/mol. The third-order valence-corrected chi connectivity index (χ3v) is 1.05. The molecule has 0 bridgehead atoms. The van der Waals surface area contributed by atoms with E-state index in [1.165, 1.54) is 0 Å². The lowest BCUT2D eigenvalue weighted by Crippen LogP contribution is -1.76. The van der Waals surface area contributed by atoms with Crippen LogP contribution in [0, 0.1) is 5.82 Å². The molecule has 0 radical (unpaired) electrons. The van der Waals surface area contributed by atoms with Crippen LogP contribution in [0.4, 0.5) is 4.39 Å². The maximum Gasteiger partial charge on any atom is 0.123 e. The number of hydrogen-bond donors (Lipinski definition) is 0. The molecule has 0 amide bonds. The van der Waals surface area contributed by atoms with Crippen LogP contribution < -0.4 is 0 Å². The van der Waals surface area contributed by atoms with Gasteiger partial charge in [-0.15, -0.1) is 11.6 Å². The van der Waals surface area contributed by atoms with Gasteiger partial charge in [0.2, 0.25) is 0 Å². The highest BCUT2D eigenvalue weighted by Crippen LogP contribution is 2.04. The molecule has 0 N–H and O–H groups in total. The highest BCUT2D eigenvalue weighted by Gasteiger charge is 1.88. The van der Waals surface area contributed by atoms with Crippen molar-refractivity contribution >= 4 is 11.6 Å². The molecule has 0 aromatic heterocycles. The molecule has 0 saturated carbocycles. The zero-order chi connectivity index (χ0) is 10.2. The van der Waals surface area contributed by atoms with Crippen molar-refractivity contribution in [3.05, 3.63) is 35.6 Å². The van der Waals surface area contributed by atoms with Crippen LogP contribution in [0.25, 0.3) is 0 Å². The minimum absolute atomic E-state index is 0.0260. The Morgan fingerprint density at radius 1 is 1.44 bits per heavy atom. The van der Waals surface area contributed by atoms with Gasteiger partial charge >= 0.3 is 0 Å². The van der Waals surface area contributed by atoms with E-state index in [4.69, 9.17) is 17.1 Å². The Labute approximate surface area is 63.9 Å². The molecule has 0 atom stereocenters. The molecular formula is C7H6ClF. The number of halogens is 2. The SMILES string of the molecule is [2H]c1c([2H])c(CCl)c([2H])c([2H])c1F. The summed E-state index contributed by atoms with van der Waals surface area (Å²) in [6.07, 6.45) is 0. The van der Waals surface area contributed by atoms with Crippen molar-refractivity contribution < 1.29 is 9.87 Å². The number of rotatable bonds is 1. The normalized spacial score (nSPS) is 15.8. The van der Waals surface area contributed by atoms with Gasteiger partial charge in [-0.3, -0.25) is 0 Å². The molecule has 1 aromatic carbocycles. The van der Waals surface area contributed by atoms with E-state index in [2.05, 4.69) is 0 Å². The maximum absolute atomic E-state index is 12.9. The van der Waals surface area contributed by atoms with Gasteiger partial charge in [0.25, 0.3) is 0 Å². The van der Waals surface area contributed by atoms with Crippen LogP contribution in [0.1, 0.15) is 11.0 Å². The Balaban J connectivity index is 3.56. The summed E-state index contributed by atoms with van der Waals surface area (Å²) in [7, 11) is 0. The first-order chi connectivity index (χ1) is 6.00. The van der Waals surface area contributed by atoms with Gasteiger partial charge in [-0.25, -0.2) is 4.39 Å². The second kappa shape index (κ2) is 2.83. The molecule has 0 saturated heterocycles. The van der Waals surface area contributed by atoms with Crippen LogP contribution in [0.2, 0.25) is 0 Å². The fraction of sp³-hybridized carbons (Fsp3) is 0.143. The van der Waals surface area contributed by atoms with E-state index in [9.17, 15) is 4.39 Å². The van der Waals surface area contributed by atoms with Crippen molar-refractivity contribution in [3.8, 4) is 0 Å². The summed E-state index contributed by atoms with van der Waals surface area (Å²) in [6, 6.07) is -2.16. The summed E-state index contributed by atoms with van der Waals surface area (Å²) in [6.45, 7) is 0. The molecule has 0 heterocycles. The third-order valence-electron chi connectivity index (χ3n) is 0.780. The Hall–Kier alpha value is -0.560. The minimum atomic E-state index is -1.14. The molecule has 1 aromatic rings. The zero-order valence-electron chi connectivity index (χ0n) is 8.46. The summed E-state index contributed by atoms with van der Waals surface area (Å²) < 4.78 is 41.6. The Morgan fingerprint density at radius 3 is 2.44 bits per heavy atom. The summed E-state index contributed by atoms with van der Waals surface area (Å²) in [5.41, 5.74) is 0.0260. The van der Waals surface area contributed by atoms with Crippen molar-refractivity contribution in [1.82, 2.24) is 0 Å². The van der Waals surface area contributed by atoms with E-state index in [0.717, 1.165) is 0 Å². The van der Waals surface area contributed by atoms with Crippen LogP contribution in [-0.4, -0.2) is 0 Å². The second-order valence-corrected chi connectivity index (χ2v) is 1.69. The molecule has 9 heavy (non-hydrogen) atoms. The molecule has 0 unspecified atom stereocenters. The van der Waals surface area contributed by atoms with E-state index in [1.54, 1.807) is 0 Å². The van der Waals surface area contributed by atoms with Crippen LogP contribution in [-0.2, 0) is 5.88 Å². The standard InChI is InChI=1S/C7H6ClF/c8-5-6-1-3-7(9)4-2-6/h1-4H,5H2/i1D,2D,3D,4D. The van der Waals surface area contributed by atoms with E-state index in [1.807, 2.05) is 0 Å². The van der Waals surface area contributed by atoms with Gasteiger partial charge in [-0.2, -0.15) is 0 Å². The van der Waals surface area contributed by atoms with Crippen molar-refractivity contribution in [1.29, 1.82) is 0 Å². The Bertz CT molecular complexity index is 324. The van der Waals surface area contributed by atoms with Gasteiger partial charge in [0.05, 0.1) is 5.48 Å². The third kappa shape index (κ3) is 1.68. The fourth-order valence-corrected chi connectivity index (χ4v) is 0.524. The van der Waals surface area contributed by atoms with Gasteiger partial charge in [-0.1, -0.05) is 12.1 Å². The molecular weight excluding hydrogens is 139 g/mol. The lowest BCUT2D eigenvalue weighted by molar-refractivity contribution is 0.627. The van der Waals surface area contributed by atoms with E-state index in [0.29, 0.717) is 0 Å². The van der Waals surface area contributed by atoms with E-state index < -0.39 is 30.0 Å². The lowest BCUT2D eigenvalue weighted by atomic mass is 10.2. The first-order valence-electron chi connectivity index (χ1n) is 4.31. The summed E-state index contributed by atoms with van der Waals surface area (Å²) in [4.78, 5) is 0. The molecule has 2 heteroatoms. The van der Waals surface area contributed by atoms with Crippen molar-refractivity contribution in [2.24, 2.45) is 0 Å². The second-order valence-electron chi connectivity index (χ2n) is 1.43. The summed E-state index contributed by atoms with van der Waals surface area (Å²) >= 11 is 5.40. The zero-order valence-corrected chi connectivity index (χ0v) is 5.22. The first kappa shape index (κ1) is 3.02. The predicted octanol–water partition coefficient (Wildman–Crippen LogP) is 2.56. The number of benzene rings is 1. The van der Waals surface area contributed by atoms with Crippen molar-refractivity contribution in [2.45, 2.75) is 5.88 Å². The van der Waals surface area contributed by atoms with Gasteiger partial charge in [0, 0.05) is 5.88 Å². The van der Waals surface area contributed by atoms with Gasteiger partial charge < -0.3 is 0 Å². The summed E-state index contributed by atoms with van der Waals surface area (Å²) in [5, 5.41) is 0. The van der Waals surface area contributed by atoms with E-state index in [-0.39, 0.29) is 11.4 Å². The molecule has 0 aliphatic rings. The highest BCUT2D eigenvalue weighted by atomic mass is 35.5. The topological polar surface area (TPSA) is 0 Å². The quantitative estimate of drug-likeness (QED) is 0.537. The Kier molecular flexibility index (Phi) is 0.950. The highest BCUT2D eigenvalue weighted by molar-refractivity contribution is 6.17. The monoisotopic (exact) mass is 148 g/mol.